The van der Waals surface area contributed by atoms with Gasteiger partial charge in [0, 0.05) is 12.8 Å². The normalized spacial score (nSPS) is 12.6. The van der Waals surface area contributed by atoms with Crippen molar-refractivity contribution in [2.45, 2.75) is 411 Å². The number of ether oxygens (including phenoxy) is 1. The zero-order chi connectivity index (χ0) is 56.4. The lowest BCUT2D eigenvalue weighted by atomic mass is 10.0. The smallest absolute Gasteiger partial charge is 0.305 e. The lowest BCUT2D eigenvalue weighted by molar-refractivity contribution is -0.143. The Kier molecular flexibility index (Phi) is 66.4. The first kappa shape index (κ1) is 76.3. The van der Waals surface area contributed by atoms with Gasteiger partial charge in [0.05, 0.1) is 25.4 Å². The van der Waals surface area contributed by atoms with E-state index >= 15 is 0 Å². The van der Waals surface area contributed by atoms with E-state index in [-0.39, 0.29) is 18.5 Å². The van der Waals surface area contributed by atoms with E-state index < -0.39 is 12.1 Å². The van der Waals surface area contributed by atoms with Crippen LogP contribution in [0.15, 0.2) is 24.3 Å². The average molecular weight is 1100 g/mol. The fraction of sp³-hybridized carbons (Fsp3) is 0.917. The number of amides is 1. The van der Waals surface area contributed by atoms with Gasteiger partial charge in [0.15, 0.2) is 0 Å². The highest BCUT2D eigenvalue weighted by Crippen LogP contribution is 2.19. The quantitative estimate of drug-likeness (QED) is 0.0320. The monoisotopic (exact) mass is 1100 g/mol. The van der Waals surface area contributed by atoms with Crippen LogP contribution in [-0.2, 0) is 14.3 Å². The number of esters is 1. The lowest BCUT2D eigenvalue weighted by Crippen LogP contribution is -2.45. The minimum Gasteiger partial charge on any atom is -0.466 e. The van der Waals surface area contributed by atoms with Crippen molar-refractivity contribution < 1.29 is 24.5 Å². The van der Waals surface area contributed by atoms with Crippen LogP contribution in [0, 0.1) is 0 Å². The number of aliphatic hydroxyl groups excluding tert-OH is 2. The van der Waals surface area contributed by atoms with Gasteiger partial charge in [0.2, 0.25) is 5.91 Å². The van der Waals surface area contributed by atoms with Crippen LogP contribution in [0.3, 0.4) is 0 Å². The zero-order valence-electron chi connectivity index (χ0n) is 52.9. The molecule has 0 aromatic heterocycles. The predicted molar refractivity (Wildman–Crippen MR) is 343 cm³/mol. The summed E-state index contributed by atoms with van der Waals surface area (Å²) in [5.41, 5.74) is 0. The summed E-state index contributed by atoms with van der Waals surface area (Å²) in [6.45, 7) is 4.97. The van der Waals surface area contributed by atoms with Crippen molar-refractivity contribution in [3.63, 3.8) is 0 Å². The number of unbranched alkanes of at least 4 members (excludes halogenated alkanes) is 52. The Morgan fingerprint density at radius 3 is 0.987 bits per heavy atom. The number of carbonyl (C=O) groups excluding carboxylic acids is 2. The molecule has 2 atom stereocenters. The molecule has 0 rings (SSSR count). The first-order chi connectivity index (χ1) is 38.5. The van der Waals surface area contributed by atoms with E-state index in [1.807, 2.05) is 0 Å². The molecule has 0 aliphatic carbocycles. The number of hydrogen-bond acceptors (Lipinski definition) is 5. The molecule has 0 aliphatic heterocycles. The maximum atomic E-state index is 12.5. The highest BCUT2D eigenvalue weighted by molar-refractivity contribution is 5.76. The third kappa shape index (κ3) is 63.5. The molecule has 0 saturated heterocycles. The van der Waals surface area contributed by atoms with Gasteiger partial charge in [-0.1, -0.05) is 353 Å². The zero-order valence-corrected chi connectivity index (χ0v) is 52.9. The molecule has 1 amide bonds. The standard InChI is InChI=1S/C72H139NO5/c1-3-5-7-9-11-13-15-17-19-20-35-38-42-46-50-54-58-62-66-72(77)78-67-63-59-55-51-47-43-39-36-33-31-29-27-25-23-21-22-24-26-28-30-32-34-37-41-45-49-53-57-61-65-71(76)73-69(68-74)70(75)64-60-56-52-48-44-40-18-16-14-12-10-8-6-4-2/h13,15,19-20,69-70,74-75H,3-12,14,16-18,21-68H2,1-2H3,(H,73,76)/b15-13-,20-19-. The van der Waals surface area contributed by atoms with Gasteiger partial charge in [-0.2, -0.15) is 0 Å². The molecule has 3 N–H and O–H groups in total. The maximum Gasteiger partial charge on any atom is 0.305 e. The van der Waals surface area contributed by atoms with Gasteiger partial charge in [-0.05, 0) is 57.8 Å². The second-order valence-electron chi connectivity index (χ2n) is 24.6. The maximum absolute atomic E-state index is 12.5. The van der Waals surface area contributed by atoms with Crippen molar-refractivity contribution in [2.24, 2.45) is 0 Å². The van der Waals surface area contributed by atoms with E-state index in [0.717, 1.165) is 51.4 Å². The van der Waals surface area contributed by atoms with Crippen molar-refractivity contribution in [1.29, 1.82) is 0 Å². The Bertz CT molecular complexity index is 1220. The number of carbonyl (C=O) groups is 2. The van der Waals surface area contributed by atoms with Crippen molar-refractivity contribution in [3.8, 4) is 0 Å². The fourth-order valence-corrected chi connectivity index (χ4v) is 11.3. The number of nitrogens with one attached hydrogen (secondary N) is 1. The van der Waals surface area contributed by atoms with Crippen LogP contribution < -0.4 is 5.32 Å². The van der Waals surface area contributed by atoms with Crippen LogP contribution in [0.4, 0.5) is 0 Å². The molecule has 0 bridgehead atoms. The van der Waals surface area contributed by atoms with Crippen LogP contribution in [0.2, 0.25) is 0 Å². The molecular formula is C72H139NO5. The Labute approximate surface area is 488 Å². The molecule has 2 unspecified atom stereocenters. The van der Waals surface area contributed by atoms with Crippen LogP contribution >= 0.6 is 0 Å². The van der Waals surface area contributed by atoms with Crippen LogP contribution in [-0.4, -0.2) is 47.4 Å². The summed E-state index contributed by atoms with van der Waals surface area (Å²) in [6, 6.07) is -0.538. The summed E-state index contributed by atoms with van der Waals surface area (Å²) in [7, 11) is 0. The summed E-state index contributed by atoms with van der Waals surface area (Å²) in [6.07, 6.45) is 85.2. The van der Waals surface area contributed by atoms with E-state index in [4.69, 9.17) is 4.74 Å². The molecule has 78 heavy (non-hydrogen) atoms. The summed E-state index contributed by atoms with van der Waals surface area (Å²) >= 11 is 0. The summed E-state index contributed by atoms with van der Waals surface area (Å²) in [5, 5.41) is 23.3. The van der Waals surface area contributed by atoms with E-state index in [0.29, 0.717) is 25.9 Å². The van der Waals surface area contributed by atoms with Gasteiger partial charge in [-0.25, -0.2) is 0 Å². The molecular weight excluding hydrogens is 959 g/mol. The number of aliphatic hydroxyl groups is 2. The van der Waals surface area contributed by atoms with Gasteiger partial charge in [-0.3, -0.25) is 9.59 Å². The minimum absolute atomic E-state index is 0.0128. The van der Waals surface area contributed by atoms with Gasteiger partial charge in [-0.15, -0.1) is 0 Å². The summed E-state index contributed by atoms with van der Waals surface area (Å²) < 4.78 is 5.50. The number of hydrogen-bond donors (Lipinski definition) is 3. The Morgan fingerprint density at radius 2 is 0.641 bits per heavy atom. The molecule has 0 aromatic rings. The third-order valence-corrected chi connectivity index (χ3v) is 16.8. The van der Waals surface area contributed by atoms with Gasteiger partial charge in [0.1, 0.15) is 0 Å². The average Bonchev–Trinajstić information content (AvgIpc) is 3.44. The van der Waals surface area contributed by atoms with Crippen molar-refractivity contribution in [1.82, 2.24) is 5.32 Å². The summed E-state index contributed by atoms with van der Waals surface area (Å²) in [4.78, 5) is 24.6. The topological polar surface area (TPSA) is 95.9 Å². The molecule has 6 nitrogen and oxygen atoms in total. The minimum atomic E-state index is -0.661. The molecule has 0 radical (unpaired) electrons. The predicted octanol–water partition coefficient (Wildman–Crippen LogP) is 22.9. The molecule has 0 heterocycles. The van der Waals surface area contributed by atoms with Crippen LogP contribution in [0.1, 0.15) is 399 Å². The first-order valence-electron chi connectivity index (χ1n) is 35.6. The largest absolute Gasteiger partial charge is 0.466 e. The molecule has 0 fully saturated rings. The van der Waals surface area contributed by atoms with Gasteiger partial charge < -0.3 is 20.3 Å². The van der Waals surface area contributed by atoms with Crippen molar-refractivity contribution in [2.75, 3.05) is 13.2 Å². The fourth-order valence-electron chi connectivity index (χ4n) is 11.3. The van der Waals surface area contributed by atoms with E-state index in [1.54, 1.807) is 0 Å². The first-order valence-corrected chi connectivity index (χ1v) is 35.6. The van der Waals surface area contributed by atoms with Crippen molar-refractivity contribution >= 4 is 11.9 Å². The van der Waals surface area contributed by atoms with E-state index in [1.165, 1.54) is 315 Å². The lowest BCUT2D eigenvalue weighted by Gasteiger charge is -2.22. The SMILES string of the molecule is CCCCCC/C=C\C/C=C\CCCCCCCCCC(=O)OCCCCCCCCCCCCCCCCCCCCCCCCCCCCCCCC(=O)NC(CO)C(O)CCCCCCCCCCCCCCCC. The molecule has 0 saturated carbocycles. The third-order valence-electron chi connectivity index (χ3n) is 16.8. The molecule has 462 valence electrons. The highest BCUT2D eigenvalue weighted by Gasteiger charge is 2.20. The number of rotatable bonds is 67. The van der Waals surface area contributed by atoms with E-state index in [2.05, 4.69) is 43.5 Å². The molecule has 6 heteroatoms. The van der Waals surface area contributed by atoms with E-state index in [9.17, 15) is 19.8 Å². The number of allylic oxidation sites excluding steroid dienone is 4. The highest BCUT2D eigenvalue weighted by atomic mass is 16.5. The van der Waals surface area contributed by atoms with Crippen molar-refractivity contribution in [3.05, 3.63) is 24.3 Å². The Balaban J connectivity index is 3.32. The summed E-state index contributed by atoms with van der Waals surface area (Å²) in [5.74, 6) is -0.0161. The van der Waals surface area contributed by atoms with Gasteiger partial charge in [0.25, 0.3) is 0 Å². The van der Waals surface area contributed by atoms with Gasteiger partial charge >= 0.3 is 5.97 Å². The second-order valence-corrected chi connectivity index (χ2v) is 24.6. The van der Waals surface area contributed by atoms with Crippen LogP contribution in [0.5, 0.6) is 0 Å². The second kappa shape index (κ2) is 67.8. The molecule has 0 spiro atoms. The molecule has 0 aromatic carbocycles. The Hall–Kier alpha value is -1.66. The molecule has 0 aliphatic rings. The Morgan fingerprint density at radius 1 is 0.359 bits per heavy atom. The van der Waals surface area contributed by atoms with Crippen LogP contribution in [0.25, 0.3) is 0 Å².